The summed E-state index contributed by atoms with van der Waals surface area (Å²) in [5.74, 6) is 0.661. The predicted octanol–water partition coefficient (Wildman–Crippen LogP) is 1.90. The van der Waals surface area contributed by atoms with Crippen LogP contribution >= 0.6 is 15.9 Å². The molecule has 2 heterocycles. The molecule has 0 fully saturated rings. The van der Waals surface area contributed by atoms with Crippen molar-refractivity contribution in [2.75, 3.05) is 18.4 Å². The van der Waals surface area contributed by atoms with Crippen molar-refractivity contribution < 1.29 is 0 Å². The minimum atomic E-state index is 0.502. The number of pyridine rings is 1. The van der Waals surface area contributed by atoms with Gasteiger partial charge in [0.15, 0.2) is 5.65 Å². The van der Waals surface area contributed by atoms with Crippen LogP contribution in [0.3, 0.4) is 0 Å². The Balaban J connectivity index is 1.95. The Morgan fingerprint density at radius 3 is 2.94 bits per heavy atom. The van der Waals surface area contributed by atoms with Crippen molar-refractivity contribution in [1.82, 2.24) is 19.9 Å². The van der Waals surface area contributed by atoms with E-state index in [9.17, 15) is 0 Å². The van der Waals surface area contributed by atoms with Crippen molar-refractivity contribution in [2.45, 2.75) is 19.9 Å². The monoisotopic (exact) mass is 297 g/mol. The summed E-state index contributed by atoms with van der Waals surface area (Å²) in [4.78, 5) is 4.36. The highest BCUT2D eigenvalue weighted by atomic mass is 79.9. The summed E-state index contributed by atoms with van der Waals surface area (Å²) in [5, 5.41) is 10.8. The molecule has 2 rings (SSSR count). The van der Waals surface area contributed by atoms with E-state index in [0.717, 1.165) is 23.2 Å². The third-order valence-corrected chi connectivity index (χ3v) is 2.72. The second-order valence-electron chi connectivity index (χ2n) is 4.12. The van der Waals surface area contributed by atoms with Gasteiger partial charge in [0.05, 0.1) is 0 Å². The fourth-order valence-corrected chi connectivity index (χ4v) is 1.79. The summed E-state index contributed by atoms with van der Waals surface area (Å²) in [6.45, 7) is 5.97. The maximum atomic E-state index is 4.36. The van der Waals surface area contributed by atoms with Gasteiger partial charge in [-0.3, -0.25) is 0 Å². The van der Waals surface area contributed by atoms with Crippen LogP contribution < -0.4 is 10.6 Å². The van der Waals surface area contributed by atoms with Crippen LogP contribution in [0.4, 0.5) is 5.95 Å². The number of fused-ring (bicyclic) bond motifs is 1. The molecule has 0 amide bonds. The molecule has 92 valence electrons. The number of hydrogen-bond donors (Lipinski definition) is 2. The molecule has 0 radical (unpaired) electrons. The van der Waals surface area contributed by atoms with Crippen LogP contribution in [0.15, 0.2) is 22.8 Å². The van der Waals surface area contributed by atoms with Crippen LogP contribution in [0.25, 0.3) is 5.65 Å². The minimum absolute atomic E-state index is 0.502. The van der Waals surface area contributed by atoms with Crippen molar-refractivity contribution in [3.8, 4) is 0 Å². The Kier molecular flexibility index (Phi) is 3.96. The molecule has 0 aliphatic heterocycles. The van der Waals surface area contributed by atoms with Crippen LogP contribution in [-0.4, -0.2) is 33.7 Å². The lowest BCUT2D eigenvalue weighted by atomic mass is 10.4. The van der Waals surface area contributed by atoms with Crippen molar-refractivity contribution in [2.24, 2.45) is 0 Å². The molecule has 0 spiro atoms. The first-order valence-corrected chi connectivity index (χ1v) is 6.43. The molecule has 17 heavy (non-hydrogen) atoms. The normalized spacial score (nSPS) is 11.3. The lowest BCUT2D eigenvalue weighted by Gasteiger charge is -2.07. The van der Waals surface area contributed by atoms with E-state index in [1.165, 1.54) is 0 Å². The minimum Gasteiger partial charge on any atom is -0.352 e. The summed E-state index contributed by atoms with van der Waals surface area (Å²) < 4.78 is 2.74. The zero-order valence-corrected chi connectivity index (χ0v) is 11.5. The number of anilines is 1. The van der Waals surface area contributed by atoms with E-state index in [-0.39, 0.29) is 0 Å². The van der Waals surface area contributed by atoms with Gasteiger partial charge >= 0.3 is 0 Å². The zero-order chi connectivity index (χ0) is 12.3. The lowest BCUT2D eigenvalue weighted by molar-refractivity contribution is 0.601. The number of hydrogen-bond acceptors (Lipinski definition) is 4. The summed E-state index contributed by atoms with van der Waals surface area (Å²) >= 11 is 3.40. The van der Waals surface area contributed by atoms with Crippen LogP contribution in [0.5, 0.6) is 0 Å². The van der Waals surface area contributed by atoms with Crippen molar-refractivity contribution in [3.63, 3.8) is 0 Å². The summed E-state index contributed by atoms with van der Waals surface area (Å²) in [7, 11) is 0. The van der Waals surface area contributed by atoms with E-state index in [4.69, 9.17) is 0 Å². The van der Waals surface area contributed by atoms with Gasteiger partial charge in [-0.1, -0.05) is 13.8 Å². The second kappa shape index (κ2) is 5.46. The second-order valence-corrected chi connectivity index (χ2v) is 5.04. The molecule has 0 unspecified atom stereocenters. The fraction of sp³-hybridized carbons (Fsp3) is 0.455. The average molecular weight is 298 g/mol. The average Bonchev–Trinajstić information content (AvgIpc) is 2.66. The highest BCUT2D eigenvalue weighted by Gasteiger charge is 2.02. The smallest absolute Gasteiger partial charge is 0.243 e. The van der Waals surface area contributed by atoms with Gasteiger partial charge in [-0.15, -0.1) is 5.10 Å². The molecule has 0 atom stereocenters. The molecule has 0 bridgehead atoms. The summed E-state index contributed by atoms with van der Waals surface area (Å²) in [5.41, 5.74) is 0.840. The Morgan fingerprint density at radius 1 is 1.35 bits per heavy atom. The molecule has 0 aliphatic carbocycles. The molecule has 0 saturated carbocycles. The third-order valence-electron chi connectivity index (χ3n) is 2.26. The largest absolute Gasteiger partial charge is 0.352 e. The topological polar surface area (TPSA) is 54.2 Å². The molecule has 0 aliphatic rings. The van der Waals surface area contributed by atoms with Gasteiger partial charge in [-0.05, 0) is 28.1 Å². The van der Waals surface area contributed by atoms with Gasteiger partial charge in [-0.2, -0.15) is 4.98 Å². The first-order chi connectivity index (χ1) is 8.15. The number of rotatable bonds is 5. The Morgan fingerprint density at radius 2 is 2.18 bits per heavy atom. The Hall–Kier alpha value is -1.14. The first-order valence-electron chi connectivity index (χ1n) is 5.64. The summed E-state index contributed by atoms with van der Waals surface area (Å²) in [6.07, 6.45) is 1.89. The number of halogens is 1. The van der Waals surface area contributed by atoms with Crippen molar-refractivity contribution in [1.29, 1.82) is 0 Å². The molecule has 5 nitrogen and oxygen atoms in total. The molecule has 2 aromatic heterocycles. The first kappa shape index (κ1) is 12.3. The van der Waals surface area contributed by atoms with Gasteiger partial charge in [0.2, 0.25) is 5.95 Å². The molecule has 2 N–H and O–H groups in total. The highest BCUT2D eigenvalue weighted by molar-refractivity contribution is 9.10. The van der Waals surface area contributed by atoms with Crippen LogP contribution in [0, 0.1) is 0 Å². The van der Waals surface area contributed by atoms with E-state index < -0.39 is 0 Å². The predicted molar refractivity (Wildman–Crippen MR) is 72.3 cm³/mol. The SMILES string of the molecule is CC(C)NCCNc1nc2ccc(Br)cn2n1. The number of aromatic nitrogens is 3. The molecule has 6 heteroatoms. The molecule has 0 saturated heterocycles. The van der Waals surface area contributed by atoms with Crippen molar-refractivity contribution >= 4 is 27.5 Å². The van der Waals surface area contributed by atoms with E-state index >= 15 is 0 Å². The van der Waals surface area contributed by atoms with E-state index in [1.54, 1.807) is 4.52 Å². The zero-order valence-electron chi connectivity index (χ0n) is 9.94. The summed E-state index contributed by atoms with van der Waals surface area (Å²) in [6, 6.07) is 4.38. The van der Waals surface area contributed by atoms with Crippen molar-refractivity contribution in [3.05, 3.63) is 22.8 Å². The van der Waals surface area contributed by atoms with Gasteiger partial charge < -0.3 is 10.6 Å². The van der Waals surface area contributed by atoms with Gasteiger partial charge in [0.25, 0.3) is 0 Å². The standard InChI is InChI=1S/C11H16BrN5/c1-8(2)13-5-6-14-11-15-10-4-3-9(12)7-17(10)16-11/h3-4,7-8,13H,5-6H2,1-2H3,(H,14,16). The Bertz CT molecular complexity index is 494. The molecular weight excluding hydrogens is 282 g/mol. The van der Waals surface area contributed by atoms with Crippen LogP contribution in [-0.2, 0) is 0 Å². The maximum Gasteiger partial charge on any atom is 0.243 e. The van der Waals surface area contributed by atoms with Gasteiger partial charge in [0.1, 0.15) is 0 Å². The lowest BCUT2D eigenvalue weighted by Crippen LogP contribution is -2.28. The number of nitrogens with one attached hydrogen (secondary N) is 2. The molecular formula is C11H16BrN5. The Labute approximate surface area is 109 Å². The van der Waals surface area contributed by atoms with E-state index in [2.05, 4.69) is 50.5 Å². The molecule has 0 aromatic carbocycles. The maximum absolute atomic E-state index is 4.36. The number of nitrogens with zero attached hydrogens (tertiary/aromatic N) is 3. The van der Waals surface area contributed by atoms with E-state index in [0.29, 0.717) is 12.0 Å². The quantitative estimate of drug-likeness (QED) is 0.828. The fourth-order valence-electron chi connectivity index (χ4n) is 1.47. The third kappa shape index (κ3) is 3.41. The van der Waals surface area contributed by atoms with Gasteiger partial charge in [0, 0.05) is 29.8 Å². The highest BCUT2D eigenvalue weighted by Crippen LogP contribution is 2.11. The van der Waals surface area contributed by atoms with Crippen LogP contribution in [0.2, 0.25) is 0 Å². The molecule has 2 aromatic rings. The van der Waals surface area contributed by atoms with E-state index in [1.807, 2.05) is 18.3 Å². The van der Waals surface area contributed by atoms with Gasteiger partial charge in [-0.25, -0.2) is 4.52 Å². The van der Waals surface area contributed by atoms with Crippen LogP contribution in [0.1, 0.15) is 13.8 Å².